The minimum Gasteiger partial charge on any atom is -0.481 e. The molecule has 9 nitrogen and oxygen atoms in total. The molecule has 2 aliphatic heterocycles. The molecule has 0 saturated carbocycles. The maximum Gasteiger partial charge on any atom is 0.314 e. The third kappa shape index (κ3) is 4.25. The van der Waals surface area contributed by atoms with E-state index in [4.69, 9.17) is 10.2 Å². The highest BCUT2D eigenvalue weighted by molar-refractivity contribution is 6.03. The highest BCUT2D eigenvalue weighted by Crippen LogP contribution is 2.51. The second-order valence-electron chi connectivity index (χ2n) is 9.10. The number of amides is 1. The summed E-state index contributed by atoms with van der Waals surface area (Å²) in [6.07, 6.45) is 12.4. The Morgan fingerprint density at radius 2 is 1.94 bits per heavy atom. The highest BCUT2D eigenvalue weighted by atomic mass is 16.4. The van der Waals surface area contributed by atoms with Crippen molar-refractivity contribution in [3.05, 3.63) is 52.6 Å². The summed E-state index contributed by atoms with van der Waals surface area (Å²) in [6.45, 7) is 2.15. The molecule has 9 heteroatoms. The summed E-state index contributed by atoms with van der Waals surface area (Å²) in [7, 11) is 3.78. The van der Waals surface area contributed by atoms with Gasteiger partial charge in [-0.3, -0.25) is 14.4 Å². The van der Waals surface area contributed by atoms with Crippen LogP contribution in [0.2, 0.25) is 0 Å². The van der Waals surface area contributed by atoms with Gasteiger partial charge in [-0.2, -0.15) is 0 Å². The minimum atomic E-state index is -1.31. The first-order chi connectivity index (χ1) is 16.1. The summed E-state index contributed by atoms with van der Waals surface area (Å²) in [5.74, 6) is -2.63. The van der Waals surface area contributed by atoms with Gasteiger partial charge in [0, 0.05) is 19.7 Å². The lowest BCUT2D eigenvalue weighted by atomic mass is 9.82. The molecule has 180 valence electrons. The molecule has 0 saturated heterocycles. The summed E-state index contributed by atoms with van der Waals surface area (Å²) >= 11 is 0. The Morgan fingerprint density at radius 3 is 2.56 bits per heavy atom. The van der Waals surface area contributed by atoms with Gasteiger partial charge in [-0.15, -0.1) is 0 Å². The molecule has 2 aliphatic carbocycles. The smallest absolute Gasteiger partial charge is 0.314 e. The highest BCUT2D eigenvalue weighted by Gasteiger charge is 2.42. The molecular formula is C25H30N4O5. The third-order valence-electron chi connectivity index (χ3n) is 6.84. The molecule has 0 radical (unpaired) electrons. The zero-order valence-electron chi connectivity index (χ0n) is 19.6. The van der Waals surface area contributed by atoms with Crippen LogP contribution in [0.1, 0.15) is 48.5 Å². The van der Waals surface area contributed by atoms with Crippen LogP contribution in [-0.2, 0) is 16.0 Å². The molecule has 1 aromatic carbocycles. The number of anilines is 3. The van der Waals surface area contributed by atoms with Crippen LogP contribution in [0.15, 0.2) is 41.5 Å². The molecule has 0 bridgehead atoms. The van der Waals surface area contributed by atoms with E-state index < -0.39 is 18.4 Å². The molecule has 0 aromatic heterocycles. The first-order valence-corrected chi connectivity index (χ1v) is 11.3. The Kier molecular flexibility index (Phi) is 6.12. The minimum absolute atomic E-state index is 0.00916. The van der Waals surface area contributed by atoms with Crippen molar-refractivity contribution in [1.29, 1.82) is 0 Å². The molecule has 34 heavy (non-hydrogen) atoms. The summed E-state index contributed by atoms with van der Waals surface area (Å²) in [5.41, 5.74) is 8.12. The van der Waals surface area contributed by atoms with Crippen LogP contribution in [0.25, 0.3) is 0 Å². The number of aliphatic carboxylic acids is 2. The van der Waals surface area contributed by atoms with Crippen LogP contribution in [0.5, 0.6) is 0 Å². The van der Waals surface area contributed by atoms with Gasteiger partial charge in [0.05, 0.1) is 28.8 Å². The van der Waals surface area contributed by atoms with Crippen molar-refractivity contribution in [1.82, 2.24) is 5.32 Å². The Balaban J connectivity index is 0.000000344. The van der Waals surface area contributed by atoms with Gasteiger partial charge in [-0.1, -0.05) is 24.3 Å². The fourth-order valence-corrected chi connectivity index (χ4v) is 5.08. The van der Waals surface area contributed by atoms with Crippen molar-refractivity contribution < 1.29 is 24.6 Å². The Morgan fingerprint density at radius 1 is 1.21 bits per heavy atom. The number of hydrogen-bond donors (Lipinski definition) is 5. The molecule has 5 rings (SSSR count). The normalized spacial score (nSPS) is 23.3. The fraction of sp³-hybridized carbons (Fsp3) is 0.400. The van der Waals surface area contributed by atoms with E-state index in [9.17, 15) is 14.4 Å². The van der Waals surface area contributed by atoms with Gasteiger partial charge in [0.25, 0.3) is 5.91 Å². The van der Waals surface area contributed by atoms with Crippen molar-refractivity contribution in [2.75, 3.05) is 29.6 Å². The van der Waals surface area contributed by atoms with E-state index in [2.05, 4.69) is 59.1 Å². The van der Waals surface area contributed by atoms with Gasteiger partial charge in [-0.25, -0.2) is 0 Å². The number of carboxylic acid groups (broad SMARTS) is 2. The number of nitrogens with zero attached hydrogens (tertiary/aromatic N) is 1. The fourth-order valence-electron chi connectivity index (χ4n) is 5.08. The quantitative estimate of drug-likeness (QED) is 0.430. The summed E-state index contributed by atoms with van der Waals surface area (Å²) in [6, 6.07) is 2.04. The molecule has 2 heterocycles. The number of nitrogens with one attached hydrogen (secondary N) is 3. The first kappa shape index (κ1) is 23.4. The molecule has 2 atom stereocenters. The number of allylic oxidation sites excluding steroid dienone is 4. The maximum atomic E-state index is 12.6. The Bertz CT molecular complexity index is 1140. The van der Waals surface area contributed by atoms with E-state index in [1.54, 1.807) is 7.05 Å². The Labute approximate surface area is 198 Å². The lowest BCUT2D eigenvalue weighted by Crippen LogP contribution is -2.39. The van der Waals surface area contributed by atoms with E-state index in [1.807, 2.05) is 6.07 Å². The van der Waals surface area contributed by atoms with Crippen molar-refractivity contribution in [2.24, 2.45) is 0 Å². The predicted molar refractivity (Wildman–Crippen MR) is 130 cm³/mol. The predicted octanol–water partition coefficient (Wildman–Crippen LogP) is 3.11. The number of carbonyl (C=O) groups excluding carboxylic acids is 1. The van der Waals surface area contributed by atoms with E-state index >= 15 is 0 Å². The number of carbonyl (C=O) groups is 3. The SMILES string of the molecule is CNC(=O)c1cc2c(c3c1CCC1(C=C4CC=CC=C4C1)N3)NC(C)N2C.O=C(O)CC(=O)O. The zero-order chi connectivity index (χ0) is 24.6. The van der Waals surface area contributed by atoms with Gasteiger partial charge >= 0.3 is 11.9 Å². The molecule has 1 amide bonds. The molecule has 2 unspecified atom stereocenters. The van der Waals surface area contributed by atoms with E-state index in [0.717, 1.165) is 53.9 Å². The van der Waals surface area contributed by atoms with Gasteiger partial charge in [0.1, 0.15) is 6.42 Å². The summed E-state index contributed by atoms with van der Waals surface area (Å²) in [4.78, 5) is 33.6. The average Bonchev–Trinajstić information content (AvgIpc) is 3.28. The van der Waals surface area contributed by atoms with Gasteiger partial charge in [0.2, 0.25) is 0 Å². The standard InChI is InChI=1S/C22H26N4O.C3H4O4/c1-13-24-20-18(26(13)3)10-17(21(27)23-2)16-8-9-22(25-19(16)20)11-14-6-4-5-7-15(14)12-22;4-2(5)1-3(6)7/h4-6,10,12-13,24-25H,7-9,11H2,1-3H3,(H,23,27);1H2,(H,4,5)(H,6,7). The van der Waals surface area contributed by atoms with Crippen molar-refractivity contribution in [2.45, 2.75) is 50.7 Å². The van der Waals surface area contributed by atoms with Gasteiger partial charge in [0.15, 0.2) is 0 Å². The van der Waals surface area contributed by atoms with Crippen LogP contribution in [0, 0.1) is 0 Å². The van der Waals surface area contributed by atoms with Crippen molar-refractivity contribution in [3.63, 3.8) is 0 Å². The third-order valence-corrected chi connectivity index (χ3v) is 6.84. The first-order valence-electron chi connectivity index (χ1n) is 11.3. The number of carboxylic acids is 2. The topological polar surface area (TPSA) is 131 Å². The second-order valence-corrected chi connectivity index (χ2v) is 9.10. The van der Waals surface area contributed by atoms with Crippen LogP contribution in [0.3, 0.4) is 0 Å². The van der Waals surface area contributed by atoms with Crippen LogP contribution in [-0.4, -0.2) is 53.9 Å². The molecular weight excluding hydrogens is 436 g/mol. The number of hydrogen-bond acceptors (Lipinski definition) is 6. The average molecular weight is 467 g/mol. The second kappa shape index (κ2) is 8.89. The Hall–Kier alpha value is -3.75. The van der Waals surface area contributed by atoms with Gasteiger partial charge in [-0.05, 0) is 55.4 Å². The van der Waals surface area contributed by atoms with Gasteiger partial charge < -0.3 is 31.1 Å². The van der Waals surface area contributed by atoms with Crippen LogP contribution < -0.4 is 20.9 Å². The molecule has 0 fully saturated rings. The molecule has 5 N–H and O–H groups in total. The number of fused-ring (bicyclic) bond motifs is 4. The van der Waals surface area contributed by atoms with Crippen molar-refractivity contribution in [3.8, 4) is 0 Å². The van der Waals surface area contributed by atoms with E-state index in [-0.39, 0.29) is 17.6 Å². The summed E-state index contributed by atoms with van der Waals surface area (Å²) in [5, 5.41) is 25.7. The summed E-state index contributed by atoms with van der Waals surface area (Å²) < 4.78 is 0. The lowest BCUT2D eigenvalue weighted by molar-refractivity contribution is -0.147. The van der Waals surface area contributed by atoms with E-state index in [1.165, 1.54) is 11.1 Å². The molecule has 4 aliphatic rings. The monoisotopic (exact) mass is 466 g/mol. The van der Waals surface area contributed by atoms with Crippen LogP contribution in [0.4, 0.5) is 17.1 Å². The van der Waals surface area contributed by atoms with E-state index in [0.29, 0.717) is 0 Å². The number of rotatable bonds is 3. The molecule has 1 spiro atoms. The maximum absolute atomic E-state index is 12.6. The zero-order valence-corrected chi connectivity index (χ0v) is 19.6. The van der Waals surface area contributed by atoms with Crippen LogP contribution >= 0.6 is 0 Å². The lowest BCUT2D eigenvalue weighted by Gasteiger charge is -2.37. The largest absolute Gasteiger partial charge is 0.481 e. The molecule has 1 aromatic rings. The number of benzene rings is 1. The van der Waals surface area contributed by atoms with Crippen molar-refractivity contribution >= 4 is 34.9 Å².